The van der Waals surface area contributed by atoms with Crippen molar-refractivity contribution in [3.8, 4) is 28.4 Å². The van der Waals surface area contributed by atoms with Crippen molar-refractivity contribution >= 4 is 5.97 Å². The van der Waals surface area contributed by atoms with Crippen molar-refractivity contribution in [2.75, 3.05) is 27.9 Å². The number of carbonyl (C=O) groups is 1. The van der Waals surface area contributed by atoms with Crippen LogP contribution in [0.5, 0.6) is 17.2 Å². The first kappa shape index (κ1) is 23.6. The van der Waals surface area contributed by atoms with Crippen LogP contribution in [0.3, 0.4) is 0 Å². The number of benzene rings is 3. The first-order valence-corrected chi connectivity index (χ1v) is 11.5. The maximum atomic E-state index is 12.2. The van der Waals surface area contributed by atoms with Gasteiger partial charge < -0.3 is 19.3 Å². The molecule has 0 aliphatic carbocycles. The lowest BCUT2D eigenvalue weighted by Gasteiger charge is -2.40. The molecule has 0 spiro atoms. The minimum atomic E-state index is -0.793. The fourth-order valence-electron chi connectivity index (χ4n) is 4.85. The van der Waals surface area contributed by atoms with E-state index in [1.807, 2.05) is 30.3 Å². The highest BCUT2D eigenvalue weighted by Crippen LogP contribution is 2.43. The van der Waals surface area contributed by atoms with Gasteiger partial charge in [-0.05, 0) is 53.8 Å². The second-order valence-corrected chi connectivity index (χ2v) is 8.44. The summed E-state index contributed by atoms with van der Waals surface area (Å²) in [5, 5.41) is 10.0. The van der Waals surface area contributed by atoms with E-state index in [0.717, 1.165) is 35.1 Å². The zero-order valence-electron chi connectivity index (χ0n) is 19.9. The zero-order valence-corrected chi connectivity index (χ0v) is 19.9. The lowest BCUT2D eigenvalue weighted by Crippen LogP contribution is -2.46. The maximum absolute atomic E-state index is 12.2. The maximum Gasteiger partial charge on any atom is 0.320 e. The van der Waals surface area contributed by atoms with Gasteiger partial charge in [-0.2, -0.15) is 0 Å². The number of hydrogen-bond acceptors (Lipinski definition) is 5. The molecule has 178 valence electrons. The van der Waals surface area contributed by atoms with E-state index in [1.165, 1.54) is 0 Å². The van der Waals surface area contributed by atoms with E-state index in [9.17, 15) is 9.90 Å². The second kappa shape index (κ2) is 10.6. The lowest BCUT2D eigenvalue weighted by atomic mass is 9.90. The normalized spacial score (nSPS) is 17.1. The van der Waals surface area contributed by atoms with Crippen molar-refractivity contribution in [2.45, 2.75) is 31.3 Å². The number of rotatable bonds is 8. The van der Waals surface area contributed by atoms with Crippen LogP contribution in [-0.4, -0.2) is 49.9 Å². The summed E-state index contributed by atoms with van der Waals surface area (Å²) in [5.41, 5.74) is 4.17. The van der Waals surface area contributed by atoms with Crippen LogP contribution in [0.4, 0.5) is 0 Å². The molecule has 1 aliphatic rings. The van der Waals surface area contributed by atoms with Crippen LogP contribution in [0.2, 0.25) is 0 Å². The monoisotopic (exact) mass is 461 g/mol. The first-order valence-electron chi connectivity index (χ1n) is 11.5. The summed E-state index contributed by atoms with van der Waals surface area (Å²) in [6, 6.07) is 21.6. The van der Waals surface area contributed by atoms with Gasteiger partial charge in [0.25, 0.3) is 0 Å². The molecule has 6 heteroatoms. The molecule has 1 saturated heterocycles. The van der Waals surface area contributed by atoms with Crippen LogP contribution in [0.15, 0.2) is 66.7 Å². The first-order chi connectivity index (χ1) is 16.6. The van der Waals surface area contributed by atoms with Crippen molar-refractivity contribution in [2.24, 2.45) is 0 Å². The molecule has 0 aromatic heterocycles. The highest BCUT2D eigenvalue weighted by molar-refractivity contribution is 5.74. The van der Waals surface area contributed by atoms with Gasteiger partial charge >= 0.3 is 5.97 Å². The SMILES string of the molecule is COc1cc(C(c2ccc(-c3ccccc3)cc2)N2CCCCC2C(=O)O)cc(OC)c1OC. The molecule has 0 saturated carbocycles. The van der Waals surface area contributed by atoms with Gasteiger partial charge in [-0.3, -0.25) is 9.69 Å². The average molecular weight is 462 g/mol. The molecule has 4 rings (SSSR count). The van der Waals surface area contributed by atoms with Gasteiger partial charge in [0.15, 0.2) is 11.5 Å². The summed E-state index contributed by atoms with van der Waals surface area (Å²) in [7, 11) is 4.75. The minimum absolute atomic E-state index is 0.278. The van der Waals surface area contributed by atoms with Gasteiger partial charge in [0.1, 0.15) is 6.04 Å². The van der Waals surface area contributed by atoms with Crippen LogP contribution in [0, 0.1) is 0 Å². The zero-order chi connectivity index (χ0) is 24.1. The Bertz CT molecular complexity index is 1090. The molecule has 1 heterocycles. The fourth-order valence-corrected chi connectivity index (χ4v) is 4.85. The Morgan fingerprint density at radius 3 is 2.03 bits per heavy atom. The number of hydrogen-bond donors (Lipinski definition) is 1. The molecular weight excluding hydrogens is 430 g/mol. The van der Waals surface area contributed by atoms with E-state index in [0.29, 0.717) is 30.2 Å². The number of piperidine rings is 1. The van der Waals surface area contributed by atoms with Crippen LogP contribution in [0.25, 0.3) is 11.1 Å². The number of nitrogens with zero attached hydrogens (tertiary/aromatic N) is 1. The van der Waals surface area contributed by atoms with Gasteiger partial charge in [0.2, 0.25) is 5.75 Å². The second-order valence-electron chi connectivity index (χ2n) is 8.44. The number of methoxy groups -OCH3 is 3. The number of likely N-dealkylation sites (tertiary alicyclic amines) is 1. The predicted molar refractivity (Wildman–Crippen MR) is 132 cm³/mol. The van der Waals surface area contributed by atoms with E-state index < -0.39 is 12.0 Å². The number of carboxylic acid groups (broad SMARTS) is 1. The van der Waals surface area contributed by atoms with Gasteiger partial charge in [-0.15, -0.1) is 0 Å². The fraction of sp³-hybridized carbons (Fsp3) is 0.321. The molecule has 0 amide bonds. The van der Waals surface area contributed by atoms with Gasteiger partial charge in [-0.1, -0.05) is 61.0 Å². The van der Waals surface area contributed by atoms with Crippen molar-refractivity contribution in [1.29, 1.82) is 0 Å². The molecule has 0 radical (unpaired) electrons. The van der Waals surface area contributed by atoms with E-state index in [2.05, 4.69) is 41.3 Å². The van der Waals surface area contributed by atoms with Gasteiger partial charge in [-0.25, -0.2) is 0 Å². The Hall–Kier alpha value is -3.51. The molecular formula is C28H31NO5. The van der Waals surface area contributed by atoms with Crippen molar-refractivity contribution < 1.29 is 24.1 Å². The molecule has 6 nitrogen and oxygen atoms in total. The third-order valence-electron chi connectivity index (χ3n) is 6.50. The van der Waals surface area contributed by atoms with E-state index in [4.69, 9.17) is 14.2 Å². The predicted octanol–water partition coefficient (Wildman–Crippen LogP) is 5.41. The van der Waals surface area contributed by atoms with Crippen LogP contribution in [-0.2, 0) is 4.79 Å². The Morgan fingerprint density at radius 2 is 1.47 bits per heavy atom. The standard InChI is InChI=1S/C28H31NO5/c1-32-24-17-22(18-25(33-2)27(24)34-3)26(29-16-8-7-11-23(29)28(30)31)21-14-12-20(13-15-21)19-9-5-4-6-10-19/h4-6,9-10,12-15,17-18,23,26H,7-8,11,16H2,1-3H3,(H,30,31). The Labute approximate surface area is 200 Å². The van der Waals surface area contributed by atoms with Crippen LogP contribution >= 0.6 is 0 Å². The van der Waals surface area contributed by atoms with Crippen LogP contribution in [0.1, 0.15) is 36.4 Å². The molecule has 2 unspecified atom stereocenters. The highest BCUT2D eigenvalue weighted by atomic mass is 16.5. The summed E-state index contributed by atoms with van der Waals surface area (Å²) in [4.78, 5) is 14.3. The third-order valence-corrected chi connectivity index (χ3v) is 6.50. The quantitative estimate of drug-likeness (QED) is 0.484. The summed E-state index contributed by atoms with van der Waals surface area (Å²) in [5.74, 6) is 0.816. The Morgan fingerprint density at radius 1 is 0.853 bits per heavy atom. The van der Waals surface area contributed by atoms with E-state index >= 15 is 0 Å². The van der Waals surface area contributed by atoms with Crippen LogP contribution < -0.4 is 14.2 Å². The Balaban J connectivity index is 1.84. The summed E-state index contributed by atoms with van der Waals surface area (Å²) in [6.07, 6.45) is 2.48. The molecule has 3 aromatic carbocycles. The van der Waals surface area contributed by atoms with Gasteiger partial charge in [0.05, 0.1) is 27.4 Å². The van der Waals surface area contributed by atoms with Gasteiger partial charge in [0, 0.05) is 0 Å². The number of ether oxygens (including phenoxy) is 3. The van der Waals surface area contributed by atoms with E-state index in [-0.39, 0.29) is 6.04 Å². The molecule has 0 bridgehead atoms. The molecule has 34 heavy (non-hydrogen) atoms. The van der Waals surface area contributed by atoms with Crippen molar-refractivity contribution in [3.63, 3.8) is 0 Å². The molecule has 1 fully saturated rings. The summed E-state index contributed by atoms with van der Waals surface area (Å²) < 4.78 is 16.7. The lowest BCUT2D eigenvalue weighted by molar-refractivity contribution is -0.145. The molecule has 1 aliphatic heterocycles. The Kier molecular flexibility index (Phi) is 7.38. The van der Waals surface area contributed by atoms with Crippen molar-refractivity contribution in [1.82, 2.24) is 4.90 Å². The molecule has 1 N–H and O–H groups in total. The smallest absolute Gasteiger partial charge is 0.320 e. The largest absolute Gasteiger partial charge is 0.493 e. The van der Waals surface area contributed by atoms with Crippen molar-refractivity contribution in [3.05, 3.63) is 77.9 Å². The highest BCUT2D eigenvalue weighted by Gasteiger charge is 2.36. The summed E-state index contributed by atoms with van der Waals surface area (Å²) >= 11 is 0. The number of aliphatic carboxylic acids is 1. The number of carboxylic acids is 1. The summed E-state index contributed by atoms with van der Waals surface area (Å²) in [6.45, 7) is 0.693. The topological polar surface area (TPSA) is 68.2 Å². The third kappa shape index (κ3) is 4.73. The average Bonchev–Trinajstić information content (AvgIpc) is 2.89. The minimum Gasteiger partial charge on any atom is -0.493 e. The molecule has 3 aromatic rings. The molecule has 2 atom stereocenters. The van der Waals surface area contributed by atoms with E-state index in [1.54, 1.807) is 21.3 Å².